The molecule has 0 atom stereocenters. The lowest BCUT2D eigenvalue weighted by molar-refractivity contribution is 0.594. The third kappa shape index (κ3) is 3.19. The van der Waals surface area contributed by atoms with Crippen LogP contribution in [0.3, 0.4) is 0 Å². The summed E-state index contributed by atoms with van der Waals surface area (Å²) in [5, 5.41) is 0. The Bertz CT molecular complexity index is 433. The van der Waals surface area contributed by atoms with E-state index in [9.17, 15) is 8.42 Å². The molecule has 0 aliphatic carbocycles. The van der Waals surface area contributed by atoms with Crippen molar-refractivity contribution in [3.63, 3.8) is 0 Å². The van der Waals surface area contributed by atoms with Gasteiger partial charge in [-0.05, 0) is 18.2 Å². The predicted molar refractivity (Wildman–Crippen MR) is 65.4 cm³/mol. The summed E-state index contributed by atoms with van der Waals surface area (Å²) in [6.07, 6.45) is 0. The second-order valence-corrected chi connectivity index (χ2v) is 6.09. The van der Waals surface area contributed by atoms with E-state index in [4.69, 9.17) is 5.73 Å². The highest BCUT2D eigenvalue weighted by Crippen LogP contribution is 2.20. The van der Waals surface area contributed by atoms with Gasteiger partial charge in [-0.25, -0.2) is 8.42 Å². The minimum absolute atomic E-state index is 0.0456. The van der Waals surface area contributed by atoms with Gasteiger partial charge in [-0.3, -0.25) is 4.31 Å². The van der Waals surface area contributed by atoms with Gasteiger partial charge in [-0.2, -0.15) is 0 Å². The van der Waals surface area contributed by atoms with Gasteiger partial charge in [-0.15, -0.1) is 0 Å². The van der Waals surface area contributed by atoms with Gasteiger partial charge in [0.1, 0.15) is 0 Å². The number of hydrogen-bond acceptors (Lipinski definition) is 3. The summed E-state index contributed by atoms with van der Waals surface area (Å²) in [4.78, 5) is 0. The summed E-state index contributed by atoms with van der Waals surface area (Å²) >= 11 is 3.29. The van der Waals surface area contributed by atoms with Crippen LogP contribution in [0.4, 0.5) is 5.69 Å². The number of nitrogens with zero attached hydrogens (tertiary/aromatic N) is 1. The Hall–Kier alpha value is -0.590. The molecule has 0 aromatic heterocycles. The van der Waals surface area contributed by atoms with Gasteiger partial charge in [0.2, 0.25) is 10.0 Å². The first kappa shape index (κ1) is 12.5. The maximum atomic E-state index is 11.7. The van der Waals surface area contributed by atoms with Gasteiger partial charge >= 0.3 is 0 Å². The van der Waals surface area contributed by atoms with Gasteiger partial charge < -0.3 is 5.73 Å². The second kappa shape index (κ2) is 4.96. The van der Waals surface area contributed by atoms with Crippen molar-refractivity contribution in [1.29, 1.82) is 0 Å². The van der Waals surface area contributed by atoms with Crippen LogP contribution >= 0.6 is 15.9 Å². The van der Waals surface area contributed by atoms with Gasteiger partial charge in [0.05, 0.1) is 11.4 Å². The molecule has 0 aliphatic heterocycles. The molecule has 84 valence electrons. The zero-order chi connectivity index (χ0) is 11.5. The van der Waals surface area contributed by atoms with Crippen LogP contribution in [0, 0.1) is 0 Å². The van der Waals surface area contributed by atoms with E-state index in [1.54, 1.807) is 18.2 Å². The molecule has 0 heterocycles. The first-order valence-corrected chi connectivity index (χ1v) is 6.80. The number of benzene rings is 1. The lowest BCUT2D eigenvalue weighted by Crippen LogP contribution is -2.31. The highest BCUT2D eigenvalue weighted by atomic mass is 79.9. The molecule has 0 bridgehead atoms. The Morgan fingerprint density at radius 2 is 2.13 bits per heavy atom. The lowest BCUT2D eigenvalue weighted by atomic mass is 10.3. The van der Waals surface area contributed by atoms with E-state index in [1.807, 2.05) is 6.07 Å². The molecule has 0 spiro atoms. The van der Waals surface area contributed by atoms with Crippen LogP contribution in [0.1, 0.15) is 0 Å². The molecule has 1 aromatic rings. The third-order valence-electron chi connectivity index (χ3n) is 1.96. The minimum atomic E-state index is -3.29. The van der Waals surface area contributed by atoms with E-state index in [-0.39, 0.29) is 12.3 Å². The number of nitrogens with two attached hydrogens (primary N) is 1. The summed E-state index contributed by atoms with van der Waals surface area (Å²) in [7, 11) is -1.77. The smallest absolute Gasteiger partial charge is 0.236 e. The molecule has 0 amide bonds. The monoisotopic (exact) mass is 292 g/mol. The van der Waals surface area contributed by atoms with Gasteiger partial charge in [0, 0.05) is 18.1 Å². The summed E-state index contributed by atoms with van der Waals surface area (Å²) in [5.74, 6) is -0.0456. The first-order chi connectivity index (χ1) is 6.97. The van der Waals surface area contributed by atoms with Crippen molar-refractivity contribution < 1.29 is 8.42 Å². The van der Waals surface area contributed by atoms with E-state index in [1.165, 1.54) is 11.4 Å². The van der Waals surface area contributed by atoms with Crippen molar-refractivity contribution in [3.8, 4) is 0 Å². The molecule has 15 heavy (non-hydrogen) atoms. The van der Waals surface area contributed by atoms with Crippen LogP contribution in [0.5, 0.6) is 0 Å². The maximum absolute atomic E-state index is 11.7. The Morgan fingerprint density at radius 1 is 1.47 bits per heavy atom. The molecule has 6 heteroatoms. The maximum Gasteiger partial charge on any atom is 0.236 e. The summed E-state index contributed by atoms with van der Waals surface area (Å²) in [6.45, 7) is 0.126. The van der Waals surface area contributed by atoms with E-state index in [0.717, 1.165) is 4.47 Å². The molecule has 0 fully saturated rings. The average Bonchev–Trinajstić information content (AvgIpc) is 2.16. The van der Waals surface area contributed by atoms with Gasteiger partial charge in [-0.1, -0.05) is 22.0 Å². The molecular weight excluding hydrogens is 280 g/mol. The fourth-order valence-electron chi connectivity index (χ4n) is 1.12. The third-order valence-corrected chi connectivity index (χ3v) is 4.26. The zero-order valence-corrected chi connectivity index (χ0v) is 10.8. The molecule has 1 aromatic carbocycles. The molecule has 0 aliphatic rings. The number of sulfonamides is 1. The van der Waals surface area contributed by atoms with Crippen LogP contribution in [-0.2, 0) is 10.0 Å². The van der Waals surface area contributed by atoms with Crippen molar-refractivity contribution in [2.24, 2.45) is 5.73 Å². The molecule has 0 saturated carbocycles. The van der Waals surface area contributed by atoms with Crippen molar-refractivity contribution in [2.75, 3.05) is 23.7 Å². The standard InChI is InChI=1S/C9H13BrN2O2S/c1-12(15(13,14)6-5-11)9-4-2-3-8(10)7-9/h2-4,7H,5-6,11H2,1H3. The quantitative estimate of drug-likeness (QED) is 0.906. The predicted octanol–water partition coefficient (Wildman–Crippen LogP) is 1.17. The Labute approximate surface area is 98.3 Å². The average molecular weight is 293 g/mol. The summed E-state index contributed by atoms with van der Waals surface area (Å²) in [6, 6.07) is 7.10. The second-order valence-electron chi connectivity index (χ2n) is 3.05. The molecular formula is C9H13BrN2O2S. The zero-order valence-electron chi connectivity index (χ0n) is 8.35. The van der Waals surface area contributed by atoms with Crippen LogP contribution in [0.2, 0.25) is 0 Å². The van der Waals surface area contributed by atoms with Crippen LogP contribution in [0.15, 0.2) is 28.7 Å². The van der Waals surface area contributed by atoms with E-state index < -0.39 is 10.0 Å². The summed E-state index contributed by atoms with van der Waals surface area (Å²) < 4.78 is 25.4. The molecule has 2 N–H and O–H groups in total. The molecule has 0 radical (unpaired) electrons. The van der Waals surface area contributed by atoms with Crippen molar-refractivity contribution in [1.82, 2.24) is 0 Å². The number of halogens is 1. The number of hydrogen-bond donors (Lipinski definition) is 1. The largest absolute Gasteiger partial charge is 0.329 e. The molecule has 4 nitrogen and oxygen atoms in total. The molecule has 1 rings (SSSR count). The van der Waals surface area contributed by atoms with Crippen LogP contribution < -0.4 is 10.0 Å². The fraction of sp³-hybridized carbons (Fsp3) is 0.333. The molecule has 0 saturated heterocycles. The van der Waals surface area contributed by atoms with Gasteiger partial charge in [0.15, 0.2) is 0 Å². The Balaban J connectivity index is 2.99. The lowest BCUT2D eigenvalue weighted by Gasteiger charge is -2.19. The SMILES string of the molecule is CN(c1cccc(Br)c1)S(=O)(=O)CCN. The van der Waals surface area contributed by atoms with Crippen LogP contribution in [0.25, 0.3) is 0 Å². The Kier molecular flexibility index (Phi) is 4.12. The highest BCUT2D eigenvalue weighted by Gasteiger charge is 2.16. The molecule has 0 unspecified atom stereocenters. The summed E-state index contributed by atoms with van der Waals surface area (Å²) in [5.41, 5.74) is 5.87. The van der Waals surface area contributed by atoms with Crippen molar-refractivity contribution >= 4 is 31.6 Å². The van der Waals surface area contributed by atoms with Gasteiger partial charge in [0.25, 0.3) is 0 Å². The fourth-order valence-corrected chi connectivity index (χ4v) is 2.51. The van der Waals surface area contributed by atoms with Crippen molar-refractivity contribution in [2.45, 2.75) is 0 Å². The normalized spacial score (nSPS) is 11.4. The Morgan fingerprint density at radius 3 is 2.67 bits per heavy atom. The highest BCUT2D eigenvalue weighted by molar-refractivity contribution is 9.10. The first-order valence-electron chi connectivity index (χ1n) is 4.39. The minimum Gasteiger partial charge on any atom is -0.329 e. The van der Waals surface area contributed by atoms with E-state index in [2.05, 4.69) is 15.9 Å². The van der Waals surface area contributed by atoms with E-state index in [0.29, 0.717) is 5.69 Å². The van der Waals surface area contributed by atoms with Crippen LogP contribution in [-0.4, -0.2) is 27.8 Å². The topological polar surface area (TPSA) is 63.4 Å². The number of rotatable bonds is 4. The van der Waals surface area contributed by atoms with Crippen molar-refractivity contribution in [3.05, 3.63) is 28.7 Å². The number of anilines is 1. The van der Waals surface area contributed by atoms with E-state index >= 15 is 0 Å².